The molecule has 0 spiro atoms. The Hall–Kier alpha value is -2.04. The molecule has 0 bridgehead atoms. The van der Waals surface area contributed by atoms with Crippen LogP contribution in [-0.4, -0.2) is 15.3 Å². The maximum Gasteiger partial charge on any atom is 0.263 e. The van der Waals surface area contributed by atoms with Crippen LogP contribution in [0.15, 0.2) is 32.8 Å². The molecule has 0 amide bonds. The highest BCUT2D eigenvalue weighted by atomic mass is 32.2. The van der Waals surface area contributed by atoms with Crippen molar-refractivity contribution in [3.05, 3.63) is 45.0 Å². The van der Waals surface area contributed by atoms with E-state index in [1.165, 1.54) is 23.1 Å². The SMILES string of the molecule is Cc1sc2nc(SCC#N)n(Cc3ccco3)c(=O)c2c1C. The summed E-state index contributed by atoms with van der Waals surface area (Å²) in [5.41, 5.74) is 0.895. The first kappa shape index (κ1) is 14.9. The maximum atomic E-state index is 12.9. The zero-order chi connectivity index (χ0) is 15.7. The van der Waals surface area contributed by atoms with Gasteiger partial charge in [-0.15, -0.1) is 11.3 Å². The van der Waals surface area contributed by atoms with Gasteiger partial charge in [-0.05, 0) is 31.5 Å². The number of thioether (sulfide) groups is 1. The van der Waals surface area contributed by atoms with Gasteiger partial charge in [-0.1, -0.05) is 11.8 Å². The summed E-state index contributed by atoms with van der Waals surface area (Å²) >= 11 is 2.78. The third-order valence-electron chi connectivity index (χ3n) is 3.41. The Morgan fingerprint density at radius 2 is 2.32 bits per heavy atom. The quantitative estimate of drug-likeness (QED) is 0.541. The van der Waals surface area contributed by atoms with Gasteiger partial charge in [-0.25, -0.2) is 4.98 Å². The Bertz CT molecular complexity index is 917. The van der Waals surface area contributed by atoms with Gasteiger partial charge >= 0.3 is 0 Å². The fourth-order valence-corrected chi connectivity index (χ4v) is 3.94. The number of hydrogen-bond donors (Lipinski definition) is 0. The molecule has 0 aliphatic heterocycles. The van der Waals surface area contributed by atoms with Crippen molar-refractivity contribution in [2.75, 3.05) is 5.75 Å². The first-order chi connectivity index (χ1) is 10.6. The van der Waals surface area contributed by atoms with Gasteiger partial charge in [0, 0.05) is 4.88 Å². The monoisotopic (exact) mass is 331 g/mol. The highest BCUT2D eigenvalue weighted by Gasteiger charge is 2.17. The molecule has 0 fully saturated rings. The smallest absolute Gasteiger partial charge is 0.263 e. The van der Waals surface area contributed by atoms with Gasteiger partial charge in [0.05, 0.1) is 30.0 Å². The van der Waals surface area contributed by atoms with Crippen LogP contribution in [0.5, 0.6) is 0 Å². The number of nitrogens with zero attached hydrogens (tertiary/aromatic N) is 3. The molecule has 0 aliphatic carbocycles. The van der Waals surface area contributed by atoms with Crippen molar-refractivity contribution in [3.8, 4) is 6.07 Å². The van der Waals surface area contributed by atoms with Crippen molar-refractivity contribution in [2.24, 2.45) is 0 Å². The van der Waals surface area contributed by atoms with E-state index in [1.807, 2.05) is 19.9 Å². The van der Waals surface area contributed by atoms with E-state index < -0.39 is 0 Å². The minimum atomic E-state index is -0.0799. The Labute approximate surface area is 135 Å². The lowest BCUT2D eigenvalue weighted by atomic mass is 10.2. The average Bonchev–Trinajstić information content (AvgIpc) is 3.09. The lowest BCUT2D eigenvalue weighted by Crippen LogP contribution is -2.23. The molecule has 22 heavy (non-hydrogen) atoms. The minimum absolute atomic E-state index is 0.0799. The second-order valence-corrected chi connectivity index (χ2v) is 6.92. The molecule has 7 heteroatoms. The number of aryl methyl sites for hydroxylation is 2. The molecule has 5 nitrogen and oxygen atoms in total. The summed E-state index contributed by atoms with van der Waals surface area (Å²) in [5.74, 6) is 0.936. The lowest BCUT2D eigenvalue weighted by Gasteiger charge is -2.09. The summed E-state index contributed by atoms with van der Waals surface area (Å²) in [6, 6.07) is 5.68. The van der Waals surface area contributed by atoms with Crippen molar-refractivity contribution in [1.29, 1.82) is 5.26 Å². The largest absolute Gasteiger partial charge is 0.467 e. The summed E-state index contributed by atoms with van der Waals surface area (Å²) in [7, 11) is 0. The molecule has 0 aromatic carbocycles. The zero-order valence-corrected chi connectivity index (χ0v) is 13.8. The van der Waals surface area contributed by atoms with Crippen molar-refractivity contribution >= 4 is 33.3 Å². The Morgan fingerprint density at radius 1 is 1.50 bits per heavy atom. The highest BCUT2D eigenvalue weighted by molar-refractivity contribution is 7.99. The Balaban J connectivity index is 2.21. The molecule has 3 rings (SSSR count). The van der Waals surface area contributed by atoms with Crippen LogP contribution in [0.4, 0.5) is 0 Å². The average molecular weight is 331 g/mol. The van der Waals surface area contributed by atoms with Gasteiger partial charge < -0.3 is 4.42 Å². The van der Waals surface area contributed by atoms with Crippen LogP contribution in [0.3, 0.4) is 0 Å². The Kier molecular flexibility index (Phi) is 4.05. The molecular formula is C15H13N3O2S2. The predicted octanol–water partition coefficient (Wildman–Crippen LogP) is 3.33. The fourth-order valence-electron chi connectivity index (χ4n) is 2.21. The summed E-state index contributed by atoms with van der Waals surface area (Å²) in [6.07, 6.45) is 1.58. The summed E-state index contributed by atoms with van der Waals surface area (Å²) in [5, 5.41) is 10.0. The van der Waals surface area contributed by atoms with E-state index in [0.29, 0.717) is 22.8 Å². The number of aromatic nitrogens is 2. The van der Waals surface area contributed by atoms with Crippen LogP contribution in [0, 0.1) is 25.2 Å². The minimum Gasteiger partial charge on any atom is -0.467 e. The maximum absolute atomic E-state index is 12.9. The molecule has 0 radical (unpaired) electrons. The topological polar surface area (TPSA) is 71.8 Å². The van der Waals surface area contributed by atoms with Crippen molar-refractivity contribution < 1.29 is 4.42 Å². The molecule has 0 N–H and O–H groups in total. The number of rotatable bonds is 4. The number of thiophene rings is 1. The Morgan fingerprint density at radius 3 is 3.00 bits per heavy atom. The third kappa shape index (κ3) is 2.56. The van der Waals surface area contributed by atoms with Gasteiger partial charge in [0.25, 0.3) is 5.56 Å². The summed E-state index contributed by atoms with van der Waals surface area (Å²) in [4.78, 5) is 19.3. The van der Waals surface area contributed by atoms with Crippen molar-refractivity contribution in [1.82, 2.24) is 9.55 Å². The van der Waals surface area contributed by atoms with Gasteiger partial charge in [-0.3, -0.25) is 9.36 Å². The molecule has 0 unspecified atom stereocenters. The van der Waals surface area contributed by atoms with Crippen LogP contribution < -0.4 is 5.56 Å². The number of fused-ring (bicyclic) bond motifs is 1. The lowest BCUT2D eigenvalue weighted by molar-refractivity contribution is 0.477. The molecule has 0 atom stereocenters. The zero-order valence-electron chi connectivity index (χ0n) is 12.1. The standard InChI is InChI=1S/C15H13N3O2S2/c1-9-10(2)22-13-12(9)14(19)18(8-11-4-3-6-20-11)15(17-13)21-7-5-16/h3-4,6H,7-8H2,1-2H3. The van der Waals surface area contributed by atoms with Crippen molar-refractivity contribution in [2.45, 2.75) is 25.5 Å². The molecule has 0 saturated heterocycles. The van der Waals surface area contributed by atoms with E-state index in [4.69, 9.17) is 9.68 Å². The van der Waals surface area contributed by atoms with Crippen LogP contribution >= 0.6 is 23.1 Å². The second kappa shape index (κ2) is 5.99. The number of furan rings is 1. The number of nitriles is 1. The third-order valence-corrected chi connectivity index (χ3v) is 5.36. The van der Waals surface area contributed by atoms with Crippen molar-refractivity contribution in [3.63, 3.8) is 0 Å². The van der Waals surface area contributed by atoms with E-state index >= 15 is 0 Å². The first-order valence-corrected chi connectivity index (χ1v) is 8.44. The predicted molar refractivity (Wildman–Crippen MR) is 87.5 cm³/mol. The van der Waals surface area contributed by atoms with E-state index in [-0.39, 0.29) is 11.3 Å². The van der Waals surface area contributed by atoms with Crippen LogP contribution in [0.25, 0.3) is 10.2 Å². The van der Waals surface area contributed by atoms with Gasteiger partial charge in [0.15, 0.2) is 5.16 Å². The molecule has 3 aromatic heterocycles. The van der Waals surface area contributed by atoms with E-state index in [9.17, 15) is 4.79 Å². The second-order valence-electron chi connectivity index (χ2n) is 4.78. The van der Waals surface area contributed by atoms with E-state index in [1.54, 1.807) is 16.9 Å². The van der Waals surface area contributed by atoms with Gasteiger partial charge in [-0.2, -0.15) is 5.26 Å². The van der Waals surface area contributed by atoms with Crippen LogP contribution in [0.2, 0.25) is 0 Å². The van der Waals surface area contributed by atoms with Crippen LogP contribution in [-0.2, 0) is 6.54 Å². The molecule has 3 heterocycles. The normalized spacial score (nSPS) is 11.0. The van der Waals surface area contributed by atoms with E-state index in [0.717, 1.165) is 15.3 Å². The first-order valence-electron chi connectivity index (χ1n) is 6.64. The summed E-state index contributed by atoms with van der Waals surface area (Å²) < 4.78 is 6.93. The number of hydrogen-bond acceptors (Lipinski definition) is 6. The molecule has 112 valence electrons. The van der Waals surface area contributed by atoms with Crippen LogP contribution in [0.1, 0.15) is 16.2 Å². The van der Waals surface area contributed by atoms with E-state index in [2.05, 4.69) is 11.1 Å². The molecule has 0 saturated carbocycles. The van der Waals surface area contributed by atoms with Gasteiger partial charge in [0.2, 0.25) is 0 Å². The highest BCUT2D eigenvalue weighted by Crippen LogP contribution is 2.28. The fraction of sp³-hybridized carbons (Fsp3) is 0.267. The summed E-state index contributed by atoms with van der Waals surface area (Å²) in [6.45, 7) is 4.24. The molecule has 3 aromatic rings. The molecular weight excluding hydrogens is 318 g/mol. The molecule has 0 aliphatic rings. The van der Waals surface area contributed by atoms with Gasteiger partial charge in [0.1, 0.15) is 10.6 Å².